The van der Waals surface area contributed by atoms with Crippen molar-refractivity contribution in [1.29, 1.82) is 0 Å². The van der Waals surface area contributed by atoms with Crippen LogP contribution in [0.15, 0.2) is 66.1 Å². The molecule has 0 unspecified atom stereocenters. The molecule has 0 spiro atoms. The molecule has 150 valence electrons. The van der Waals surface area contributed by atoms with Crippen molar-refractivity contribution in [3.63, 3.8) is 0 Å². The number of aryl methyl sites for hydroxylation is 1. The number of halogens is 1. The maximum absolute atomic E-state index is 12.2. The highest BCUT2D eigenvalue weighted by atomic mass is 79.9. The van der Waals surface area contributed by atoms with Crippen LogP contribution in [0.2, 0.25) is 0 Å². The summed E-state index contributed by atoms with van der Waals surface area (Å²) in [6, 6.07) is 13.5. The molecule has 2 aromatic carbocycles. The van der Waals surface area contributed by atoms with Crippen molar-refractivity contribution in [3.8, 4) is 28.3 Å². The predicted octanol–water partition coefficient (Wildman–Crippen LogP) is 4.55. The van der Waals surface area contributed by atoms with Crippen molar-refractivity contribution in [2.45, 2.75) is 0 Å². The third-order valence-corrected chi connectivity index (χ3v) is 4.94. The fourth-order valence-corrected chi connectivity index (χ4v) is 3.33. The van der Waals surface area contributed by atoms with Gasteiger partial charge in [0.25, 0.3) is 5.91 Å². The Bertz CT molecular complexity index is 1270. The van der Waals surface area contributed by atoms with Crippen molar-refractivity contribution in [2.75, 3.05) is 12.4 Å². The van der Waals surface area contributed by atoms with Crippen molar-refractivity contribution in [1.82, 2.24) is 19.7 Å². The van der Waals surface area contributed by atoms with Crippen LogP contribution < -0.4 is 10.1 Å². The third kappa shape index (κ3) is 3.69. The monoisotopic (exact) mass is 463 g/mol. The summed E-state index contributed by atoms with van der Waals surface area (Å²) in [6.45, 7) is 3.61. The molecule has 1 amide bonds. The van der Waals surface area contributed by atoms with Crippen LogP contribution in [0.25, 0.3) is 33.4 Å². The van der Waals surface area contributed by atoms with Crippen LogP contribution in [0.3, 0.4) is 0 Å². The molecule has 0 saturated heterocycles. The van der Waals surface area contributed by atoms with Gasteiger partial charge in [-0.15, -0.1) is 0 Å². The van der Waals surface area contributed by atoms with Crippen molar-refractivity contribution in [2.24, 2.45) is 7.05 Å². The molecular weight excluding hydrogens is 446 g/mol. The standard InChI is InChI=1S/C22H18BrN5O2/c1-13(23)22(29)26-18-9-15-17(10-19(18)30-3)24-12-25-21(15)16-11-28(2)27-20(16)14-7-5-4-6-8-14/h4-12H,1H2,2-3H3,(H,26,29). The Morgan fingerprint density at radius 3 is 2.63 bits per heavy atom. The quantitative estimate of drug-likeness (QED) is 0.438. The van der Waals surface area contributed by atoms with Gasteiger partial charge in [-0.25, -0.2) is 9.97 Å². The van der Waals surface area contributed by atoms with Crippen LogP contribution in [0.4, 0.5) is 5.69 Å². The highest BCUT2D eigenvalue weighted by Gasteiger charge is 2.18. The van der Waals surface area contributed by atoms with Crippen LogP contribution >= 0.6 is 15.9 Å². The summed E-state index contributed by atoms with van der Waals surface area (Å²) in [6.07, 6.45) is 3.43. The second-order valence-electron chi connectivity index (χ2n) is 6.58. The number of anilines is 1. The number of nitrogens with one attached hydrogen (secondary N) is 1. The lowest BCUT2D eigenvalue weighted by Crippen LogP contribution is -2.11. The van der Waals surface area contributed by atoms with Crippen molar-refractivity contribution < 1.29 is 9.53 Å². The number of amides is 1. The number of ether oxygens (including phenoxy) is 1. The largest absolute Gasteiger partial charge is 0.494 e. The Labute approximate surface area is 181 Å². The fraction of sp³-hybridized carbons (Fsp3) is 0.0909. The van der Waals surface area contributed by atoms with Gasteiger partial charge in [-0.1, -0.05) is 36.9 Å². The Kier molecular flexibility index (Phi) is 5.33. The summed E-state index contributed by atoms with van der Waals surface area (Å²) in [5.41, 5.74) is 4.56. The molecule has 4 aromatic rings. The molecule has 30 heavy (non-hydrogen) atoms. The Balaban J connectivity index is 1.93. The first-order valence-electron chi connectivity index (χ1n) is 9.06. The number of carbonyl (C=O) groups is 1. The molecule has 2 aromatic heterocycles. The van der Waals surface area contributed by atoms with Gasteiger partial charge in [-0.05, 0) is 22.0 Å². The fourth-order valence-electron chi connectivity index (χ4n) is 3.23. The van der Waals surface area contributed by atoms with Crippen LogP contribution in [0.5, 0.6) is 5.75 Å². The average molecular weight is 464 g/mol. The molecule has 0 bridgehead atoms. The van der Waals surface area contributed by atoms with Gasteiger partial charge in [0, 0.05) is 35.8 Å². The van der Waals surface area contributed by atoms with E-state index in [9.17, 15) is 4.79 Å². The van der Waals surface area contributed by atoms with E-state index >= 15 is 0 Å². The maximum atomic E-state index is 12.2. The Morgan fingerprint density at radius 1 is 1.17 bits per heavy atom. The van der Waals surface area contributed by atoms with E-state index < -0.39 is 0 Å². The van der Waals surface area contributed by atoms with E-state index in [1.54, 1.807) is 16.8 Å². The first-order chi connectivity index (χ1) is 14.5. The molecule has 0 fully saturated rings. The van der Waals surface area contributed by atoms with E-state index in [0.717, 1.165) is 22.2 Å². The van der Waals surface area contributed by atoms with E-state index in [4.69, 9.17) is 4.74 Å². The average Bonchev–Trinajstić information content (AvgIpc) is 3.14. The molecule has 0 aliphatic heterocycles. The van der Waals surface area contributed by atoms with E-state index in [1.807, 2.05) is 43.6 Å². The number of hydrogen-bond acceptors (Lipinski definition) is 5. The SMILES string of the molecule is C=C(Br)C(=O)Nc1cc2c(-c3cn(C)nc3-c3ccccc3)ncnc2cc1OC. The molecule has 0 radical (unpaired) electrons. The number of hydrogen-bond donors (Lipinski definition) is 1. The van der Waals surface area contributed by atoms with E-state index in [2.05, 4.69) is 42.9 Å². The second kappa shape index (κ2) is 8.08. The summed E-state index contributed by atoms with van der Waals surface area (Å²) in [7, 11) is 3.41. The van der Waals surface area contributed by atoms with Crippen LogP contribution in [-0.4, -0.2) is 32.8 Å². The Morgan fingerprint density at radius 2 is 1.93 bits per heavy atom. The maximum Gasteiger partial charge on any atom is 0.262 e. The number of carbonyl (C=O) groups excluding carboxylic acids is 1. The molecule has 8 heteroatoms. The predicted molar refractivity (Wildman–Crippen MR) is 120 cm³/mol. The first-order valence-corrected chi connectivity index (χ1v) is 9.85. The summed E-state index contributed by atoms with van der Waals surface area (Å²) in [4.78, 5) is 21.1. The normalized spacial score (nSPS) is 10.8. The van der Waals surface area contributed by atoms with Gasteiger partial charge in [0.05, 0.1) is 28.5 Å². The zero-order chi connectivity index (χ0) is 21.3. The number of benzene rings is 2. The van der Waals surface area contributed by atoms with Gasteiger partial charge in [0.1, 0.15) is 17.8 Å². The third-order valence-electron chi connectivity index (χ3n) is 4.58. The molecule has 1 N–H and O–H groups in total. The van der Waals surface area contributed by atoms with Gasteiger partial charge in [-0.3, -0.25) is 9.48 Å². The summed E-state index contributed by atoms with van der Waals surface area (Å²) in [5, 5.41) is 8.20. The van der Waals surface area contributed by atoms with Gasteiger partial charge in [-0.2, -0.15) is 5.10 Å². The zero-order valence-corrected chi connectivity index (χ0v) is 18.0. The van der Waals surface area contributed by atoms with Gasteiger partial charge in [0.15, 0.2) is 0 Å². The second-order valence-corrected chi connectivity index (χ2v) is 7.54. The molecule has 4 rings (SSSR count). The number of aromatic nitrogens is 4. The van der Waals surface area contributed by atoms with Crippen molar-refractivity contribution >= 4 is 38.4 Å². The number of rotatable bonds is 5. The van der Waals surface area contributed by atoms with E-state index in [-0.39, 0.29) is 10.4 Å². The summed E-state index contributed by atoms with van der Waals surface area (Å²) < 4.78 is 7.41. The summed E-state index contributed by atoms with van der Waals surface area (Å²) >= 11 is 3.10. The van der Waals surface area contributed by atoms with Gasteiger partial charge >= 0.3 is 0 Å². The lowest BCUT2D eigenvalue weighted by atomic mass is 10.0. The molecule has 7 nitrogen and oxygen atoms in total. The highest BCUT2D eigenvalue weighted by molar-refractivity contribution is 9.12. The molecule has 0 saturated carbocycles. The van der Waals surface area contributed by atoms with Gasteiger partial charge in [0.2, 0.25) is 0 Å². The van der Waals surface area contributed by atoms with Gasteiger partial charge < -0.3 is 10.1 Å². The van der Waals surface area contributed by atoms with E-state index in [1.165, 1.54) is 13.4 Å². The molecule has 0 atom stereocenters. The lowest BCUT2D eigenvalue weighted by molar-refractivity contribution is -0.112. The highest BCUT2D eigenvalue weighted by Crippen LogP contribution is 2.37. The van der Waals surface area contributed by atoms with Crippen LogP contribution in [0.1, 0.15) is 0 Å². The van der Waals surface area contributed by atoms with E-state index in [0.29, 0.717) is 22.6 Å². The van der Waals surface area contributed by atoms with Crippen LogP contribution in [0, 0.1) is 0 Å². The topological polar surface area (TPSA) is 81.9 Å². The minimum Gasteiger partial charge on any atom is -0.494 e. The van der Waals surface area contributed by atoms with Crippen LogP contribution in [-0.2, 0) is 11.8 Å². The molecular formula is C22H18BrN5O2. The van der Waals surface area contributed by atoms with Crippen molar-refractivity contribution in [3.05, 3.63) is 66.1 Å². The minimum atomic E-state index is -0.364. The Hall–Kier alpha value is -3.52. The smallest absolute Gasteiger partial charge is 0.262 e. The number of nitrogens with zero attached hydrogens (tertiary/aromatic N) is 4. The molecule has 0 aliphatic rings. The first kappa shape index (κ1) is 19.8. The number of methoxy groups -OCH3 is 1. The zero-order valence-electron chi connectivity index (χ0n) is 16.4. The molecule has 2 heterocycles. The minimum absolute atomic E-state index is 0.216. The lowest BCUT2D eigenvalue weighted by Gasteiger charge is -2.13. The molecule has 0 aliphatic carbocycles. The summed E-state index contributed by atoms with van der Waals surface area (Å²) in [5.74, 6) is 0.126. The number of fused-ring (bicyclic) bond motifs is 1.